The number of benzene rings is 1. The summed E-state index contributed by atoms with van der Waals surface area (Å²) in [5.74, 6) is -0.0640. The molecule has 3 atom stereocenters. The zero-order valence-corrected chi connectivity index (χ0v) is 19.6. The van der Waals surface area contributed by atoms with Crippen molar-refractivity contribution in [1.29, 1.82) is 0 Å². The van der Waals surface area contributed by atoms with Crippen LogP contribution in [0.25, 0.3) is 10.4 Å². The van der Waals surface area contributed by atoms with E-state index in [1.807, 2.05) is 13.8 Å². The van der Waals surface area contributed by atoms with E-state index in [2.05, 4.69) is 10.0 Å². The number of alkyl halides is 3. The van der Waals surface area contributed by atoms with Gasteiger partial charge in [-0.2, -0.15) is 13.2 Å². The van der Waals surface area contributed by atoms with Gasteiger partial charge in [-0.15, -0.1) is 0 Å². The van der Waals surface area contributed by atoms with Crippen LogP contribution in [-0.4, -0.2) is 42.8 Å². The highest BCUT2D eigenvalue weighted by molar-refractivity contribution is 5.84. The summed E-state index contributed by atoms with van der Waals surface area (Å²) >= 11 is 0. The Hall–Kier alpha value is -2.29. The summed E-state index contributed by atoms with van der Waals surface area (Å²) in [6, 6.07) is 2.72. The van der Waals surface area contributed by atoms with Crippen LogP contribution in [0.2, 0.25) is 0 Å². The van der Waals surface area contributed by atoms with Crippen molar-refractivity contribution in [1.82, 2.24) is 4.90 Å². The Morgan fingerprint density at radius 1 is 1.26 bits per heavy atom. The topological polar surface area (TPSA) is 87.5 Å². The average molecular weight is 481 g/mol. The van der Waals surface area contributed by atoms with Gasteiger partial charge in [0.2, 0.25) is 5.91 Å². The van der Waals surface area contributed by atoms with E-state index in [0.29, 0.717) is 37.2 Å². The molecule has 0 radical (unpaired) electrons. The lowest BCUT2D eigenvalue weighted by Gasteiger charge is -2.41. The zero-order valence-electron chi connectivity index (χ0n) is 19.6. The molecule has 2 fully saturated rings. The first kappa shape index (κ1) is 24.8. The SMILES string of the molecule is CC(C)[C@]1(C(=O)N2Cc3cc(C(F)(F)F)ccc3C(N=[N+]=[N-])C2)CC[C@@H](OC2CCOCC2)C1. The molecule has 1 aromatic rings. The molecule has 34 heavy (non-hydrogen) atoms. The Balaban J connectivity index is 1.57. The van der Waals surface area contributed by atoms with Crippen molar-refractivity contribution >= 4 is 5.91 Å². The van der Waals surface area contributed by atoms with Crippen LogP contribution >= 0.6 is 0 Å². The van der Waals surface area contributed by atoms with Crippen molar-refractivity contribution in [3.05, 3.63) is 45.3 Å². The number of azide groups is 1. The first-order valence-electron chi connectivity index (χ1n) is 11.9. The molecule has 1 amide bonds. The van der Waals surface area contributed by atoms with Crippen molar-refractivity contribution in [2.45, 2.75) is 76.9 Å². The fourth-order valence-corrected chi connectivity index (χ4v) is 5.65. The standard InChI is InChI=1S/C24H31F3N4O3/c1-15(2)23(8-5-19(12-23)34-18-6-9-33-10-7-18)22(32)31-13-16-11-17(24(25,26)27)3-4-20(16)21(14-31)29-30-28/h3-4,11,15,18-19,21H,5-10,12-14H2,1-2H3/t19-,21?,23+/m1/s1. The third-order valence-corrected chi connectivity index (χ3v) is 7.65. The summed E-state index contributed by atoms with van der Waals surface area (Å²) in [6.07, 6.45) is -0.688. The first-order valence-corrected chi connectivity index (χ1v) is 11.9. The number of carbonyl (C=O) groups is 1. The van der Waals surface area contributed by atoms with Gasteiger partial charge in [-0.3, -0.25) is 4.79 Å². The normalized spacial score (nSPS) is 28.0. The van der Waals surface area contributed by atoms with E-state index in [0.717, 1.165) is 31.4 Å². The number of nitrogens with zero attached hydrogens (tertiary/aromatic N) is 4. The monoisotopic (exact) mass is 480 g/mol. The predicted molar refractivity (Wildman–Crippen MR) is 119 cm³/mol. The molecule has 1 aromatic carbocycles. The number of fused-ring (bicyclic) bond motifs is 1. The lowest BCUT2D eigenvalue weighted by molar-refractivity contribution is -0.147. The number of ether oxygens (including phenoxy) is 2. The van der Waals surface area contributed by atoms with Gasteiger partial charge in [-0.25, -0.2) is 0 Å². The molecule has 1 aliphatic carbocycles. The number of hydrogen-bond donors (Lipinski definition) is 0. The van der Waals surface area contributed by atoms with Crippen LogP contribution in [0.1, 0.15) is 68.7 Å². The van der Waals surface area contributed by atoms with E-state index in [1.54, 1.807) is 4.90 Å². The number of carbonyl (C=O) groups excluding carboxylic acids is 1. The van der Waals surface area contributed by atoms with Gasteiger partial charge in [-0.1, -0.05) is 25.0 Å². The second-order valence-electron chi connectivity index (χ2n) is 9.94. The predicted octanol–water partition coefficient (Wildman–Crippen LogP) is 5.79. The van der Waals surface area contributed by atoms with Crippen molar-refractivity contribution in [3.8, 4) is 0 Å². The van der Waals surface area contributed by atoms with Crippen LogP contribution in [-0.2, 0) is 27.0 Å². The summed E-state index contributed by atoms with van der Waals surface area (Å²) in [7, 11) is 0. The van der Waals surface area contributed by atoms with Gasteiger partial charge >= 0.3 is 6.18 Å². The summed E-state index contributed by atoms with van der Waals surface area (Å²) in [5, 5.41) is 3.80. The molecule has 0 spiro atoms. The molecule has 2 aliphatic heterocycles. The van der Waals surface area contributed by atoms with E-state index in [1.165, 1.54) is 6.07 Å². The largest absolute Gasteiger partial charge is 0.416 e. The number of halogens is 3. The van der Waals surface area contributed by atoms with Crippen LogP contribution in [0, 0.1) is 11.3 Å². The van der Waals surface area contributed by atoms with Crippen LogP contribution < -0.4 is 0 Å². The second kappa shape index (κ2) is 9.76. The third kappa shape index (κ3) is 4.90. The van der Waals surface area contributed by atoms with Gasteiger partial charge < -0.3 is 14.4 Å². The van der Waals surface area contributed by atoms with Crippen LogP contribution in [0.15, 0.2) is 23.3 Å². The first-order chi connectivity index (χ1) is 16.1. The van der Waals surface area contributed by atoms with Gasteiger partial charge in [0.05, 0.1) is 29.2 Å². The van der Waals surface area contributed by atoms with E-state index in [9.17, 15) is 18.0 Å². The highest BCUT2D eigenvalue weighted by Crippen LogP contribution is 2.48. The van der Waals surface area contributed by atoms with Crippen molar-refractivity contribution in [3.63, 3.8) is 0 Å². The third-order valence-electron chi connectivity index (χ3n) is 7.65. The van der Waals surface area contributed by atoms with E-state index in [4.69, 9.17) is 15.0 Å². The minimum Gasteiger partial charge on any atom is -0.381 e. The molecular formula is C24H31F3N4O3. The number of rotatable bonds is 5. The van der Waals surface area contributed by atoms with E-state index < -0.39 is 23.2 Å². The fourth-order valence-electron chi connectivity index (χ4n) is 5.65. The molecule has 0 aromatic heterocycles. The molecule has 1 unspecified atom stereocenters. The highest BCUT2D eigenvalue weighted by Gasteiger charge is 2.51. The molecule has 10 heteroatoms. The van der Waals surface area contributed by atoms with Gasteiger partial charge in [0.25, 0.3) is 0 Å². The minimum atomic E-state index is -4.49. The molecule has 2 heterocycles. The van der Waals surface area contributed by atoms with E-state index >= 15 is 0 Å². The molecule has 186 valence electrons. The summed E-state index contributed by atoms with van der Waals surface area (Å²) in [4.78, 5) is 18.4. The summed E-state index contributed by atoms with van der Waals surface area (Å²) in [5.41, 5.74) is 8.53. The Morgan fingerprint density at radius 3 is 2.65 bits per heavy atom. The van der Waals surface area contributed by atoms with Gasteiger partial charge in [0.1, 0.15) is 0 Å². The zero-order chi connectivity index (χ0) is 24.5. The van der Waals surface area contributed by atoms with Gasteiger partial charge in [-0.05, 0) is 66.8 Å². The molecule has 4 rings (SSSR count). The number of hydrogen-bond acceptors (Lipinski definition) is 4. The molecular weight excluding hydrogens is 449 g/mol. The Labute approximate surface area is 197 Å². The molecule has 1 saturated heterocycles. The Kier molecular flexibility index (Phi) is 7.12. The van der Waals surface area contributed by atoms with Crippen molar-refractivity contribution < 1.29 is 27.4 Å². The van der Waals surface area contributed by atoms with E-state index in [-0.39, 0.29) is 37.1 Å². The summed E-state index contributed by atoms with van der Waals surface area (Å²) in [6.45, 7) is 5.61. The lowest BCUT2D eigenvalue weighted by Crippen LogP contribution is -2.48. The highest BCUT2D eigenvalue weighted by atomic mass is 19.4. The Morgan fingerprint density at radius 2 is 2.00 bits per heavy atom. The number of amides is 1. The molecule has 7 nitrogen and oxygen atoms in total. The van der Waals surface area contributed by atoms with Gasteiger partial charge in [0, 0.05) is 31.2 Å². The van der Waals surface area contributed by atoms with Gasteiger partial charge in [0.15, 0.2) is 0 Å². The summed E-state index contributed by atoms with van der Waals surface area (Å²) < 4.78 is 51.7. The van der Waals surface area contributed by atoms with Crippen molar-refractivity contribution in [2.75, 3.05) is 19.8 Å². The minimum absolute atomic E-state index is 0.0312. The van der Waals surface area contributed by atoms with Crippen LogP contribution in [0.4, 0.5) is 13.2 Å². The Bertz CT molecular complexity index is 957. The fraction of sp³-hybridized carbons (Fsp3) is 0.708. The van der Waals surface area contributed by atoms with Crippen LogP contribution in [0.3, 0.4) is 0 Å². The maximum absolute atomic E-state index is 13.9. The van der Waals surface area contributed by atoms with Crippen LogP contribution in [0.5, 0.6) is 0 Å². The van der Waals surface area contributed by atoms with Crippen molar-refractivity contribution in [2.24, 2.45) is 16.4 Å². The second-order valence-corrected chi connectivity index (χ2v) is 9.94. The molecule has 0 bridgehead atoms. The average Bonchev–Trinajstić information content (AvgIpc) is 3.23. The maximum Gasteiger partial charge on any atom is 0.416 e. The molecule has 1 saturated carbocycles. The molecule has 3 aliphatic rings. The maximum atomic E-state index is 13.9. The molecule has 0 N–H and O–H groups in total. The smallest absolute Gasteiger partial charge is 0.381 e. The lowest BCUT2D eigenvalue weighted by atomic mass is 9.74. The quantitative estimate of drug-likeness (QED) is 0.304.